The first-order valence-corrected chi connectivity index (χ1v) is 5.77. The number of nitrogens with zero attached hydrogens (tertiary/aromatic N) is 1. The lowest BCUT2D eigenvalue weighted by Gasteiger charge is -2.14. The van der Waals surface area contributed by atoms with Gasteiger partial charge in [-0.15, -0.1) is 0 Å². The first-order chi connectivity index (χ1) is 8.27. The van der Waals surface area contributed by atoms with Crippen molar-refractivity contribution >= 4 is 22.8 Å². The molecular formula is C13H13NO3. The molecule has 1 N–H and O–H groups in total. The maximum Gasteiger partial charge on any atom is 0.341 e. The summed E-state index contributed by atoms with van der Waals surface area (Å²) in [6, 6.07) is 7.28. The topological polar surface area (TPSA) is 53.7 Å². The molecule has 0 unspecified atom stereocenters. The van der Waals surface area contributed by atoms with Crippen LogP contribution in [0.2, 0.25) is 0 Å². The molecule has 1 aliphatic heterocycles. The highest BCUT2D eigenvalue weighted by atomic mass is 16.4. The number of fused-ring (bicyclic) bond motifs is 1. The smallest absolute Gasteiger partial charge is 0.341 e. The van der Waals surface area contributed by atoms with E-state index in [1.54, 1.807) is 12.1 Å². The molecule has 4 heteroatoms. The van der Waals surface area contributed by atoms with Crippen LogP contribution in [0.3, 0.4) is 0 Å². The second-order valence-electron chi connectivity index (χ2n) is 4.28. The Morgan fingerprint density at radius 3 is 2.65 bits per heavy atom. The standard InChI is InChI=1S/C13H13NO3/c15-13(16)11-9-5-1-2-6-10(9)17-12(11)14-7-3-4-8-14/h1-2,5-6H,3-4,7-8H2,(H,15,16). The van der Waals surface area contributed by atoms with Crippen molar-refractivity contribution in [3.8, 4) is 0 Å². The zero-order valence-corrected chi connectivity index (χ0v) is 9.35. The van der Waals surface area contributed by atoms with Crippen molar-refractivity contribution in [2.45, 2.75) is 12.8 Å². The van der Waals surface area contributed by atoms with Crippen LogP contribution in [0.4, 0.5) is 5.88 Å². The molecule has 2 heterocycles. The number of rotatable bonds is 2. The maximum atomic E-state index is 11.4. The number of carboxylic acids is 1. The minimum atomic E-state index is -0.920. The van der Waals surface area contributed by atoms with Gasteiger partial charge in [0.1, 0.15) is 11.1 Å². The van der Waals surface area contributed by atoms with E-state index < -0.39 is 5.97 Å². The average molecular weight is 231 g/mol. The zero-order valence-electron chi connectivity index (χ0n) is 9.35. The predicted molar refractivity (Wildman–Crippen MR) is 64.6 cm³/mol. The molecule has 0 amide bonds. The molecular weight excluding hydrogens is 218 g/mol. The third-order valence-electron chi connectivity index (χ3n) is 3.18. The molecule has 1 aromatic carbocycles. The SMILES string of the molecule is O=C(O)c1c(N2CCCC2)oc2ccccc12. The highest BCUT2D eigenvalue weighted by Crippen LogP contribution is 2.34. The molecule has 3 rings (SSSR count). The number of hydrogen-bond donors (Lipinski definition) is 1. The van der Waals surface area contributed by atoms with E-state index in [-0.39, 0.29) is 0 Å². The Hall–Kier alpha value is -1.97. The normalized spacial score (nSPS) is 15.6. The van der Waals surface area contributed by atoms with Crippen LogP contribution in [-0.2, 0) is 0 Å². The van der Waals surface area contributed by atoms with Crippen LogP contribution in [0.15, 0.2) is 28.7 Å². The third-order valence-corrected chi connectivity index (χ3v) is 3.18. The van der Waals surface area contributed by atoms with Crippen molar-refractivity contribution in [3.63, 3.8) is 0 Å². The quantitative estimate of drug-likeness (QED) is 0.863. The third kappa shape index (κ3) is 1.56. The molecule has 1 fully saturated rings. The minimum Gasteiger partial charge on any atom is -0.477 e. The summed E-state index contributed by atoms with van der Waals surface area (Å²) in [6.45, 7) is 1.75. The minimum absolute atomic E-state index is 0.294. The van der Waals surface area contributed by atoms with Crippen molar-refractivity contribution in [1.82, 2.24) is 0 Å². The van der Waals surface area contributed by atoms with Gasteiger partial charge in [-0.1, -0.05) is 18.2 Å². The van der Waals surface area contributed by atoms with Crippen LogP contribution in [0.25, 0.3) is 11.0 Å². The number of hydrogen-bond acceptors (Lipinski definition) is 3. The summed E-state index contributed by atoms with van der Waals surface area (Å²) in [5, 5.41) is 10.0. The van der Waals surface area contributed by atoms with Gasteiger partial charge in [-0.2, -0.15) is 0 Å². The Kier molecular flexibility index (Phi) is 2.28. The second-order valence-corrected chi connectivity index (χ2v) is 4.28. The number of benzene rings is 1. The van der Waals surface area contributed by atoms with Gasteiger partial charge in [-0.05, 0) is 18.9 Å². The molecule has 1 saturated heterocycles. The van der Waals surface area contributed by atoms with Crippen LogP contribution in [0.1, 0.15) is 23.2 Å². The van der Waals surface area contributed by atoms with Gasteiger partial charge in [0.15, 0.2) is 0 Å². The summed E-state index contributed by atoms with van der Waals surface area (Å²) >= 11 is 0. The van der Waals surface area contributed by atoms with Crippen LogP contribution in [0.5, 0.6) is 0 Å². The zero-order chi connectivity index (χ0) is 11.8. The first-order valence-electron chi connectivity index (χ1n) is 5.77. The molecule has 4 nitrogen and oxygen atoms in total. The van der Waals surface area contributed by atoms with Crippen molar-refractivity contribution in [1.29, 1.82) is 0 Å². The van der Waals surface area contributed by atoms with Gasteiger partial charge in [0.25, 0.3) is 0 Å². The summed E-state index contributed by atoms with van der Waals surface area (Å²) in [7, 11) is 0. The lowest BCUT2D eigenvalue weighted by atomic mass is 10.1. The highest BCUT2D eigenvalue weighted by molar-refractivity contribution is 6.07. The van der Waals surface area contributed by atoms with Gasteiger partial charge < -0.3 is 14.4 Å². The van der Waals surface area contributed by atoms with E-state index in [1.807, 2.05) is 17.0 Å². The second kappa shape index (κ2) is 3.80. The van der Waals surface area contributed by atoms with E-state index in [0.29, 0.717) is 22.4 Å². The molecule has 0 saturated carbocycles. The van der Waals surface area contributed by atoms with Crippen molar-refractivity contribution in [2.24, 2.45) is 0 Å². The summed E-state index contributed by atoms with van der Waals surface area (Å²) in [5.74, 6) is -0.409. The summed E-state index contributed by atoms with van der Waals surface area (Å²) in [6.07, 6.45) is 2.19. The predicted octanol–water partition coefficient (Wildman–Crippen LogP) is 2.73. The van der Waals surface area contributed by atoms with E-state index in [2.05, 4.69) is 0 Å². The Bertz CT molecular complexity index is 567. The van der Waals surface area contributed by atoms with Gasteiger partial charge >= 0.3 is 5.97 Å². The molecule has 0 aliphatic carbocycles. The summed E-state index contributed by atoms with van der Waals surface area (Å²) in [5.41, 5.74) is 0.939. The number of anilines is 1. The Labute approximate surface area is 98.4 Å². The molecule has 2 aromatic rings. The lowest BCUT2D eigenvalue weighted by Crippen LogP contribution is -2.19. The van der Waals surface area contributed by atoms with Gasteiger partial charge in [-0.25, -0.2) is 4.79 Å². The van der Waals surface area contributed by atoms with Crippen molar-refractivity contribution in [3.05, 3.63) is 29.8 Å². The number of aromatic carboxylic acids is 1. The summed E-state index contributed by atoms with van der Waals surface area (Å²) < 4.78 is 5.69. The maximum absolute atomic E-state index is 11.4. The van der Waals surface area contributed by atoms with Gasteiger partial charge in [0.05, 0.1) is 0 Å². The van der Waals surface area contributed by atoms with E-state index >= 15 is 0 Å². The number of carboxylic acid groups (broad SMARTS) is 1. The van der Waals surface area contributed by atoms with Crippen LogP contribution in [0, 0.1) is 0 Å². The largest absolute Gasteiger partial charge is 0.477 e. The first kappa shape index (κ1) is 10.2. The fourth-order valence-electron chi connectivity index (χ4n) is 2.38. The molecule has 17 heavy (non-hydrogen) atoms. The van der Waals surface area contributed by atoms with E-state index in [1.165, 1.54) is 0 Å². The van der Waals surface area contributed by atoms with E-state index in [4.69, 9.17) is 4.42 Å². The molecule has 0 spiro atoms. The molecule has 0 bridgehead atoms. The Morgan fingerprint density at radius 2 is 1.94 bits per heavy atom. The Morgan fingerprint density at radius 1 is 1.24 bits per heavy atom. The molecule has 88 valence electrons. The number of para-hydroxylation sites is 1. The molecule has 1 aromatic heterocycles. The number of carbonyl (C=O) groups is 1. The van der Waals surface area contributed by atoms with Crippen LogP contribution >= 0.6 is 0 Å². The fourth-order valence-corrected chi connectivity index (χ4v) is 2.38. The summed E-state index contributed by atoms with van der Waals surface area (Å²) in [4.78, 5) is 13.4. The van der Waals surface area contributed by atoms with Crippen molar-refractivity contribution < 1.29 is 14.3 Å². The number of furan rings is 1. The van der Waals surface area contributed by atoms with Gasteiger partial charge in [0.2, 0.25) is 5.88 Å². The average Bonchev–Trinajstić information content (AvgIpc) is 2.95. The monoisotopic (exact) mass is 231 g/mol. The molecule has 1 aliphatic rings. The highest BCUT2D eigenvalue weighted by Gasteiger charge is 2.26. The molecule has 0 atom stereocenters. The van der Waals surface area contributed by atoms with E-state index in [9.17, 15) is 9.90 Å². The van der Waals surface area contributed by atoms with Crippen LogP contribution < -0.4 is 4.90 Å². The van der Waals surface area contributed by atoms with Crippen molar-refractivity contribution in [2.75, 3.05) is 18.0 Å². The Balaban J connectivity index is 2.22. The van der Waals surface area contributed by atoms with Gasteiger partial charge in [-0.3, -0.25) is 0 Å². The van der Waals surface area contributed by atoms with Gasteiger partial charge in [0, 0.05) is 18.5 Å². The fraction of sp³-hybridized carbons (Fsp3) is 0.308. The lowest BCUT2D eigenvalue weighted by molar-refractivity contribution is 0.0699. The molecule has 0 radical (unpaired) electrons. The van der Waals surface area contributed by atoms with E-state index in [0.717, 1.165) is 25.9 Å². The van der Waals surface area contributed by atoms with Crippen LogP contribution in [-0.4, -0.2) is 24.2 Å².